The summed E-state index contributed by atoms with van der Waals surface area (Å²) in [5.74, 6) is 0.650. The molecule has 0 amide bonds. The van der Waals surface area contributed by atoms with Crippen LogP contribution in [-0.4, -0.2) is 9.97 Å². The van der Waals surface area contributed by atoms with Crippen LogP contribution in [-0.2, 0) is 5.41 Å². The second-order valence-electron chi connectivity index (χ2n) is 7.27. The smallest absolute Gasteiger partial charge is 0.161 e. The van der Waals surface area contributed by atoms with Crippen LogP contribution >= 0.6 is 11.6 Å². The van der Waals surface area contributed by atoms with Crippen molar-refractivity contribution in [1.29, 1.82) is 0 Å². The largest absolute Gasteiger partial charge is 0.228 e. The zero-order chi connectivity index (χ0) is 19.2. The number of fused-ring (bicyclic) bond motifs is 2. The fraction of sp³-hybridized carbons (Fsp3) is 0.167. The highest BCUT2D eigenvalue weighted by atomic mass is 35.5. The number of aromatic nitrogens is 2. The molecule has 0 saturated carbocycles. The van der Waals surface area contributed by atoms with E-state index in [4.69, 9.17) is 16.6 Å². The SMILES string of the molecule is C=CC1=C(/C=C\C)c2ccc(-c3nc(Cl)c4ccccc4n3)cc2C1(C)C. The van der Waals surface area contributed by atoms with E-state index in [2.05, 4.69) is 55.8 Å². The summed E-state index contributed by atoms with van der Waals surface area (Å²) in [6.07, 6.45) is 6.20. The van der Waals surface area contributed by atoms with E-state index in [-0.39, 0.29) is 5.41 Å². The van der Waals surface area contributed by atoms with Crippen LogP contribution in [0.25, 0.3) is 27.9 Å². The minimum atomic E-state index is -0.122. The summed E-state index contributed by atoms with van der Waals surface area (Å²) in [6.45, 7) is 10.6. The van der Waals surface area contributed by atoms with Gasteiger partial charge in [-0.1, -0.05) is 74.5 Å². The Morgan fingerprint density at radius 1 is 1.07 bits per heavy atom. The first kappa shape index (κ1) is 17.7. The van der Waals surface area contributed by atoms with E-state index in [1.165, 1.54) is 22.3 Å². The van der Waals surface area contributed by atoms with E-state index >= 15 is 0 Å². The molecular formula is C24H21ClN2. The molecule has 3 heteroatoms. The maximum atomic E-state index is 6.41. The second-order valence-corrected chi connectivity index (χ2v) is 7.63. The maximum absolute atomic E-state index is 6.41. The molecule has 2 aromatic carbocycles. The van der Waals surface area contributed by atoms with Crippen molar-refractivity contribution in [1.82, 2.24) is 9.97 Å². The lowest BCUT2D eigenvalue weighted by Crippen LogP contribution is -2.16. The van der Waals surface area contributed by atoms with E-state index in [0.29, 0.717) is 11.0 Å². The van der Waals surface area contributed by atoms with Gasteiger partial charge in [0.15, 0.2) is 5.82 Å². The molecule has 2 nitrogen and oxygen atoms in total. The summed E-state index contributed by atoms with van der Waals surface area (Å²) < 4.78 is 0. The van der Waals surface area contributed by atoms with Crippen LogP contribution < -0.4 is 0 Å². The standard InChI is InChI=1S/C24H21ClN2/c1-5-9-16-17-13-12-15(14-20(17)24(3,4)19(16)6-2)23-26-21-11-8-7-10-18(21)22(25)27-23/h5-14H,2H2,1,3-4H3/b9-5-. The number of hydrogen-bond acceptors (Lipinski definition) is 2. The van der Waals surface area contributed by atoms with Gasteiger partial charge in [0, 0.05) is 16.4 Å². The Labute approximate surface area is 164 Å². The van der Waals surface area contributed by atoms with E-state index in [1.807, 2.05) is 37.3 Å². The van der Waals surface area contributed by atoms with Gasteiger partial charge in [-0.05, 0) is 47.4 Å². The predicted octanol–water partition coefficient (Wildman–Crippen LogP) is 6.76. The van der Waals surface area contributed by atoms with Gasteiger partial charge < -0.3 is 0 Å². The van der Waals surface area contributed by atoms with Crippen LogP contribution in [0, 0.1) is 0 Å². The van der Waals surface area contributed by atoms with E-state index in [0.717, 1.165) is 16.5 Å². The minimum absolute atomic E-state index is 0.122. The molecule has 1 heterocycles. The maximum Gasteiger partial charge on any atom is 0.161 e. The summed E-state index contributed by atoms with van der Waals surface area (Å²) in [7, 11) is 0. The zero-order valence-electron chi connectivity index (χ0n) is 15.8. The average Bonchev–Trinajstić information content (AvgIpc) is 2.88. The Kier molecular flexibility index (Phi) is 4.24. The lowest BCUT2D eigenvalue weighted by molar-refractivity contribution is 0.655. The molecule has 3 aromatic rings. The fourth-order valence-electron chi connectivity index (χ4n) is 3.94. The number of hydrogen-bond donors (Lipinski definition) is 0. The molecule has 0 unspecified atom stereocenters. The van der Waals surface area contributed by atoms with Gasteiger partial charge in [0.2, 0.25) is 0 Å². The number of halogens is 1. The monoisotopic (exact) mass is 372 g/mol. The number of benzene rings is 2. The van der Waals surface area contributed by atoms with Gasteiger partial charge in [0.05, 0.1) is 5.52 Å². The van der Waals surface area contributed by atoms with E-state index < -0.39 is 0 Å². The molecule has 0 bridgehead atoms. The molecule has 0 fully saturated rings. The van der Waals surface area contributed by atoms with Crippen molar-refractivity contribution < 1.29 is 0 Å². The molecule has 0 saturated heterocycles. The van der Waals surface area contributed by atoms with Crippen molar-refractivity contribution in [2.75, 3.05) is 0 Å². The van der Waals surface area contributed by atoms with Gasteiger partial charge in [-0.25, -0.2) is 9.97 Å². The third-order valence-corrected chi connectivity index (χ3v) is 5.59. The molecule has 134 valence electrons. The van der Waals surface area contributed by atoms with Gasteiger partial charge in [0.1, 0.15) is 5.15 Å². The number of rotatable bonds is 3. The van der Waals surface area contributed by atoms with Crippen molar-refractivity contribution >= 4 is 28.1 Å². The Bertz CT molecular complexity index is 1140. The Morgan fingerprint density at radius 2 is 1.85 bits per heavy atom. The first-order chi connectivity index (χ1) is 13.0. The molecule has 27 heavy (non-hydrogen) atoms. The summed E-state index contributed by atoms with van der Waals surface area (Å²) in [6, 6.07) is 14.2. The summed E-state index contributed by atoms with van der Waals surface area (Å²) in [5.41, 5.74) is 6.68. The third kappa shape index (κ3) is 2.72. The third-order valence-electron chi connectivity index (χ3n) is 5.30. The number of nitrogens with zero attached hydrogens (tertiary/aromatic N) is 2. The Hall–Kier alpha value is -2.71. The van der Waals surface area contributed by atoms with Crippen LogP contribution in [0.2, 0.25) is 5.15 Å². The van der Waals surface area contributed by atoms with Crippen LogP contribution in [0.1, 0.15) is 31.9 Å². The van der Waals surface area contributed by atoms with Crippen LogP contribution in [0.4, 0.5) is 0 Å². The van der Waals surface area contributed by atoms with Gasteiger partial charge in [-0.3, -0.25) is 0 Å². The summed E-state index contributed by atoms with van der Waals surface area (Å²) >= 11 is 6.41. The predicted molar refractivity (Wildman–Crippen MR) is 115 cm³/mol. The van der Waals surface area contributed by atoms with Gasteiger partial charge in [-0.15, -0.1) is 0 Å². The average molecular weight is 373 g/mol. The fourth-order valence-corrected chi connectivity index (χ4v) is 4.18. The van der Waals surface area contributed by atoms with Gasteiger partial charge >= 0.3 is 0 Å². The highest BCUT2D eigenvalue weighted by Crippen LogP contribution is 2.48. The Balaban J connectivity index is 1.90. The molecule has 0 spiro atoms. The van der Waals surface area contributed by atoms with Crippen LogP contribution in [0.5, 0.6) is 0 Å². The van der Waals surface area contributed by atoms with Crippen molar-refractivity contribution in [2.45, 2.75) is 26.2 Å². The van der Waals surface area contributed by atoms with Gasteiger partial charge in [-0.2, -0.15) is 0 Å². The molecule has 4 rings (SSSR count). The van der Waals surface area contributed by atoms with Crippen molar-refractivity contribution in [3.8, 4) is 11.4 Å². The minimum Gasteiger partial charge on any atom is -0.228 e. The normalized spacial score (nSPS) is 15.6. The lowest BCUT2D eigenvalue weighted by atomic mass is 9.80. The Morgan fingerprint density at radius 3 is 2.59 bits per heavy atom. The van der Waals surface area contributed by atoms with E-state index in [9.17, 15) is 0 Å². The highest BCUT2D eigenvalue weighted by Gasteiger charge is 2.35. The van der Waals surface area contributed by atoms with Crippen LogP contribution in [0.3, 0.4) is 0 Å². The summed E-state index contributed by atoms with van der Waals surface area (Å²) in [4.78, 5) is 9.28. The molecule has 1 aliphatic carbocycles. The lowest BCUT2D eigenvalue weighted by Gasteiger charge is -2.23. The van der Waals surface area contributed by atoms with Crippen molar-refractivity contribution in [3.63, 3.8) is 0 Å². The molecule has 0 aliphatic heterocycles. The molecular weight excluding hydrogens is 352 g/mol. The number of allylic oxidation sites excluding steroid dienone is 5. The van der Waals surface area contributed by atoms with Crippen molar-refractivity contribution in [3.05, 3.63) is 89.1 Å². The van der Waals surface area contributed by atoms with Crippen LogP contribution in [0.15, 0.2) is 72.8 Å². The van der Waals surface area contributed by atoms with Crippen molar-refractivity contribution in [2.24, 2.45) is 0 Å². The van der Waals surface area contributed by atoms with E-state index in [1.54, 1.807) is 0 Å². The molecule has 0 radical (unpaired) electrons. The molecule has 0 N–H and O–H groups in total. The number of para-hydroxylation sites is 1. The molecule has 1 aliphatic rings. The highest BCUT2D eigenvalue weighted by molar-refractivity contribution is 6.34. The zero-order valence-corrected chi connectivity index (χ0v) is 16.5. The quantitative estimate of drug-likeness (QED) is 0.475. The second kappa shape index (κ2) is 6.47. The first-order valence-electron chi connectivity index (χ1n) is 9.05. The molecule has 1 aromatic heterocycles. The summed E-state index contributed by atoms with van der Waals surface area (Å²) in [5, 5.41) is 1.35. The van der Waals surface area contributed by atoms with Gasteiger partial charge in [0.25, 0.3) is 0 Å². The first-order valence-corrected chi connectivity index (χ1v) is 9.42. The molecule has 0 atom stereocenters. The topological polar surface area (TPSA) is 25.8 Å².